The van der Waals surface area contributed by atoms with Crippen molar-refractivity contribution >= 4 is 22.6 Å². The molecule has 1 nitrogen and oxygen atoms in total. The van der Waals surface area contributed by atoms with Gasteiger partial charge in [-0.3, -0.25) is 0 Å². The minimum atomic E-state index is -1.28. The molecule has 0 fully saturated rings. The third-order valence-electron chi connectivity index (χ3n) is 1.91. The van der Waals surface area contributed by atoms with Crippen molar-refractivity contribution in [2.75, 3.05) is 6.54 Å². The first-order valence-electron chi connectivity index (χ1n) is 4.17. The maximum Gasteiger partial charge on any atom is 0.124 e. The molecule has 0 aliphatic carbocycles. The van der Waals surface area contributed by atoms with Gasteiger partial charge in [-0.05, 0) is 47.2 Å². The molecular weight excluding hydrogens is 280 g/mol. The Labute approximate surface area is 91.7 Å². The summed E-state index contributed by atoms with van der Waals surface area (Å²) in [6.07, 6.45) is 0.389. The van der Waals surface area contributed by atoms with Gasteiger partial charge in [0.1, 0.15) is 5.67 Å². The number of benzene rings is 1. The van der Waals surface area contributed by atoms with Gasteiger partial charge in [-0.25, -0.2) is 4.39 Å². The molecule has 1 aromatic carbocycles. The summed E-state index contributed by atoms with van der Waals surface area (Å²) in [6, 6.07) is 7.83. The van der Waals surface area contributed by atoms with Crippen LogP contribution < -0.4 is 5.73 Å². The summed E-state index contributed by atoms with van der Waals surface area (Å²) in [7, 11) is 0. The molecule has 1 unspecified atom stereocenters. The van der Waals surface area contributed by atoms with Crippen LogP contribution in [0.3, 0.4) is 0 Å². The second kappa shape index (κ2) is 4.37. The summed E-state index contributed by atoms with van der Waals surface area (Å²) in [6.45, 7) is 1.60. The Morgan fingerprint density at radius 2 is 1.92 bits per heavy atom. The van der Waals surface area contributed by atoms with Gasteiger partial charge >= 0.3 is 0 Å². The lowest BCUT2D eigenvalue weighted by Crippen LogP contribution is -2.31. The minimum absolute atomic E-state index is 0.0684. The van der Waals surface area contributed by atoms with E-state index >= 15 is 0 Å². The normalized spacial score (nSPS) is 15.4. The zero-order chi connectivity index (χ0) is 9.90. The van der Waals surface area contributed by atoms with Gasteiger partial charge in [0.2, 0.25) is 0 Å². The SMILES string of the molecule is CC(F)(CN)Cc1ccc(I)cc1. The molecule has 0 aliphatic rings. The fourth-order valence-electron chi connectivity index (χ4n) is 1.10. The summed E-state index contributed by atoms with van der Waals surface area (Å²) in [4.78, 5) is 0. The maximum absolute atomic E-state index is 13.5. The van der Waals surface area contributed by atoms with Crippen LogP contribution in [0.25, 0.3) is 0 Å². The summed E-state index contributed by atoms with van der Waals surface area (Å²) >= 11 is 2.22. The highest BCUT2D eigenvalue weighted by atomic mass is 127. The molecule has 0 heterocycles. The Kier molecular flexibility index (Phi) is 3.67. The van der Waals surface area contributed by atoms with E-state index in [0.717, 1.165) is 9.13 Å². The highest BCUT2D eigenvalue weighted by Gasteiger charge is 2.20. The van der Waals surface area contributed by atoms with E-state index < -0.39 is 5.67 Å². The number of hydrogen-bond donors (Lipinski definition) is 1. The molecule has 0 saturated carbocycles. The summed E-state index contributed by atoms with van der Waals surface area (Å²) in [5, 5.41) is 0. The van der Waals surface area contributed by atoms with Crippen LogP contribution in [-0.2, 0) is 6.42 Å². The first-order chi connectivity index (χ1) is 6.03. The van der Waals surface area contributed by atoms with E-state index in [-0.39, 0.29) is 6.54 Å². The summed E-state index contributed by atoms with van der Waals surface area (Å²) < 4.78 is 14.6. The molecule has 1 atom stereocenters. The number of alkyl halides is 1. The Hall–Kier alpha value is -0.160. The maximum atomic E-state index is 13.5. The number of rotatable bonds is 3. The molecule has 2 N–H and O–H groups in total. The van der Waals surface area contributed by atoms with E-state index in [4.69, 9.17) is 5.73 Å². The molecule has 13 heavy (non-hydrogen) atoms. The van der Waals surface area contributed by atoms with Gasteiger partial charge in [-0.2, -0.15) is 0 Å². The van der Waals surface area contributed by atoms with Crippen LogP contribution in [0.15, 0.2) is 24.3 Å². The van der Waals surface area contributed by atoms with Gasteiger partial charge in [0, 0.05) is 16.5 Å². The zero-order valence-electron chi connectivity index (χ0n) is 7.56. The van der Waals surface area contributed by atoms with Crippen molar-refractivity contribution in [2.45, 2.75) is 19.0 Å². The lowest BCUT2D eigenvalue weighted by atomic mass is 9.99. The lowest BCUT2D eigenvalue weighted by Gasteiger charge is -2.17. The van der Waals surface area contributed by atoms with Crippen molar-refractivity contribution in [1.29, 1.82) is 0 Å². The van der Waals surface area contributed by atoms with Crippen molar-refractivity contribution in [3.8, 4) is 0 Å². The topological polar surface area (TPSA) is 26.0 Å². The predicted molar refractivity (Wildman–Crippen MR) is 61.4 cm³/mol. The minimum Gasteiger partial charge on any atom is -0.328 e. The van der Waals surface area contributed by atoms with Crippen LogP contribution >= 0.6 is 22.6 Å². The number of nitrogens with two attached hydrogens (primary N) is 1. The van der Waals surface area contributed by atoms with Crippen LogP contribution in [-0.4, -0.2) is 12.2 Å². The Morgan fingerprint density at radius 3 is 2.38 bits per heavy atom. The first-order valence-corrected chi connectivity index (χ1v) is 5.25. The van der Waals surface area contributed by atoms with Crippen molar-refractivity contribution in [2.24, 2.45) is 5.73 Å². The highest BCUT2D eigenvalue weighted by molar-refractivity contribution is 14.1. The van der Waals surface area contributed by atoms with E-state index in [9.17, 15) is 4.39 Å². The zero-order valence-corrected chi connectivity index (χ0v) is 9.71. The van der Waals surface area contributed by atoms with Gasteiger partial charge in [-0.15, -0.1) is 0 Å². The quantitative estimate of drug-likeness (QED) is 0.852. The Balaban J connectivity index is 2.69. The summed E-state index contributed by atoms with van der Waals surface area (Å²) in [5.74, 6) is 0. The van der Waals surface area contributed by atoms with Gasteiger partial charge < -0.3 is 5.73 Å². The van der Waals surface area contributed by atoms with Crippen LogP contribution in [0.5, 0.6) is 0 Å². The smallest absolute Gasteiger partial charge is 0.124 e. The largest absolute Gasteiger partial charge is 0.328 e. The van der Waals surface area contributed by atoms with Crippen LogP contribution in [0, 0.1) is 3.57 Å². The lowest BCUT2D eigenvalue weighted by molar-refractivity contribution is 0.200. The molecular formula is C10H13FIN. The molecule has 0 spiro atoms. The molecule has 1 aromatic rings. The molecule has 1 rings (SSSR count). The van der Waals surface area contributed by atoms with Crippen LogP contribution in [0.4, 0.5) is 4.39 Å². The van der Waals surface area contributed by atoms with Crippen molar-refractivity contribution in [3.63, 3.8) is 0 Å². The van der Waals surface area contributed by atoms with Gasteiger partial charge in [-0.1, -0.05) is 12.1 Å². The monoisotopic (exact) mass is 293 g/mol. The Morgan fingerprint density at radius 1 is 1.38 bits per heavy atom. The first kappa shape index (κ1) is 10.9. The summed E-state index contributed by atoms with van der Waals surface area (Å²) in [5.41, 5.74) is 5.02. The molecule has 0 saturated heterocycles. The van der Waals surface area contributed by atoms with Gasteiger partial charge in [0.25, 0.3) is 0 Å². The standard InChI is InChI=1S/C10H13FIN/c1-10(11,7-13)6-8-2-4-9(12)5-3-8/h2-5H,6-7,13H2,1H3. The molecule has 0 bridgehead atoms. The second-order valence-corrected chi connectivity index (χ2v) is 4.67. The molecule has 0 radical (unpaired) electrons. The number of hydrogen-bond acceptors (Lipinski definition) is 1. The van der Waals surface area contributed by atoms with E-state index in [1.165, 1.54) is 6.92 Å². The van der Waals surface area contributed by atoms with E-state index in [1.807, 2.05) is 24.3 Å². The molecule has 0 aromatic heterocycles. The molecule has 3 heteroatoms. The highest BCUT2D eigenvalue weighted by Crippen LogP contribution is 2.17. The fourth-order valence-corrected chi connectivity index (χ4v) is 1.46. The second-order valence-electron chi connectivity index (χ2n) is 3.42. The van der Waals surface area contributed by atoms with E-state index in [2.05, 4.69) is 22.6 Å². The predicted octanol–water partition coefficient (Wildman–Crippen LogP) is 2.52. The van der Waals surface area contributed by atoms with Gasteiger partial charge in [0.15, 0.2) is 0 Å². The van der Waals surface area contributed by atoms with Gasteiger partial charge in [0.05, 0.1) is 0 Å². The average Bonchev–Trinajstić information content (AvgIpc) is 2.09. The average molecular weight is 293 g/mol. The number of halogens is 2. The van der Waals surface area contributed by atoms with Crippen LogP contribution in [0.1, 0.15) is 12.5 Å². The molecule has 0 amide bonds. The fraction of sp³-hybridized carbons (Fsp3) is 0.400. The van der Waals surface area contributed by atoms with E-state index in [1.54, 1.807) is 0 Å². The van der Waals surface area contributed by atoms with Crippen LogP contribution in [0.2, 0.25) is 0 Å². The van der Waals surface area contributed by atoms with Crippen molar-refractivity contribution in [3.05, 3.63) is 33.4 Å². The van der Waals surface area contributed by atoms with Crippen molar-refractivity contribution < 1.29 is 4.39 Å². The molecule has 72 valence electrons. The van der Waals surface area contributed by atoms with Crippen molar-refractivity contribution in [1.82, 2.24) is 0 Å². The Bertz CT molecular complexity index is 269. The third-order valence-corrected chi connectivity index (χ3v) is 2.63. The third kappa shape index (κ3) is 3.60. The van der Waals surface area contributed by atoms with E-state index in [0.29, 0.717) is 6.42 Å². The molecule has 0 aliphatic heterocycles.